The molecule has 0 aliphatic heterocycles. The zero-order chi connectivity index (χ0) is 10.8. The van der Waals surface area contributed by atoms with E-state index in [0.29, 0.717) is 6.42 Å². The molecule has 0 heterocycles. The highest BCUT2D eigenvalue weighted by Crippen LogP contribution is 2.11. The molecule has 1 rings (SSSR count). The Morgan fingerprint density at radius 3 is 2.64 bits per heavy atom. The zero-order valence-electron chi connectivity index (χ0n) is 7.84. The molecule has 1 atom stereocenters. The van der Waals surface area contributed by atoms with E-state index in [1.165, 1.54) is 12.1 Å². The third-order valence-corrected chi connectivity index (χ3v) is 2.67. The maximum absolute atomic E-state index is 11.0. The predicted molar refractivity (Wildman–Crippen MR) is 53.2 cm³/mol. The van der Waals surface area contributed by atoms with Crippen LogP contribution in [0.4, 0.5) is 0 Å². The van der Waals surface area contributed by atoms with Crippen LogP contribution in [0, 0.1) is 0 Å². The van der Waals surface area contributed by atoms with Gasteiger partial charge in [-0.2, -0.15) is 0 Å². The van der Waals surface area contributed by atoms with Crippen LogP contribution in [-0.4, -0.2) is 19.6 Å². The number of aliphatic hydroxyl groups excluding tert-OH is 1. The molecule has 0 amide bonds. The summed E-state index contributed by atoms with van der Waals surface area (Å²) < 4.78 is 22.0. The topological polar surface area (TPSA) is 80.4 Å². The van der Waals surface area contributed by atoms with Crippen molar-refractivity contribution in [1.29, 1.82) is 0 Å². The largest absolute Gasteiger partial charge is 0.393 e. The van der Waals surface area contributed by atoms with Gasteiger partial charge in [0.25, 0.3) is 0 Å². The molecule has 78 valence electrons. The fraction of sp³-hybridized carbons (Fsp3) is 0.333. The van der Waals surface area contributed by atoms with Gasteiger partial charge < -0.3 is 5.11 Å². The number of primary sulfonamides is 1. The van der Waals surface area contributed by atoms with Crippen LogP contribution in [0.3, 0.4) is 0 Å². The van der Waals surface area contributed by atoms with Gasteiger partial charge in [-0.05, 0) is 31.0 Å². The van der Waals surface area contributed by atoms with Crippen LogP contribution >= 0.6 is 0 Å². The standard InChI is InChI=1S/C9H13NO3S/c1-7(11)5-8-3-2-4-9(6-8)14(10,12)13/h2-4,6-7,11H,5H2,1H3,(H2,10,12,13). The van der Waals surface area contributed by atoms with Crippen molar-refractivity contribution >= 4 is 10.0 Å². The molecule has 0 radical (unpaired) electrons. The van der Waals surface area contributed by atoms with Crippen LogP contribution in [0.2, 0.25) is 0 Å². The summed E-state index contributed by atoms with van der Waals surface area (Å²) in [6.07, 6.45) is -0.0747. The molecule has 1 unspecified atom stereocenters. The smallest absolute Gasteiger partial charge is 0.238 e. The van der Waals surface area contributed by atoms with Gasteiger partial charge in [0.2, 0.25) is 10.0 Å². The minimum atomic E-state index is -3.64. The van der Waals surface area contributed by atoms with E-state index in [1.807, 2.05) is 0 Å². The molecule has 0 aromatic heterocycles. The van der Waals surface area contributed by atoms with Gasteiger partial charge in [-0.3, -0.25) is 0 Å². The molecule has 0 spiro atoms. The lowest BCUT2D eigenvalue weighted by Crippen LogP contribution is -2.13. The second-order valence-electron chi connectivity index (χ2n) is 3.25. The lowest BCUT2D eigenvalue weighted by Gasteiger charge is -2.05. The van der Waals surface area contributed by atoms with Gasteiger partial charge in [0, 0.05) is 0 Å². The molecule has 0 aliphatic carbocycles. The summed E-state index contributed by atoms with van der Waals surface area (Å²) in [6.45, 7) is 1.64. The number of hydrogen-bond donors (Lipinski definition) is 2. The second-order valence-corrected chi connectivity index (χ2v) is 4.81. The van der Waals surface area contributed by atoms with Gasteiger partial charge >= 0.3 is 0 Å². The van der Waals surface area contributed by atoms with Crippen molar-refractivity contribution in [3.63, 3.8) is 0 Å². The molecule has 0 aliphatic rings. The van der Waals surface area contributed by atoms with Crippen molar-refractivity contribution in [2.75, 3.05) is 0 Å². The minimum absolute atomic E-state index is 0.0793. The molecule has 0 bridgehead atoms. The quantitative estimate of drug-likeness (QED) is 0.758. The lowest BCUT2D eigenvalue weighted by atomic mass is 10.1. The highest BCUT2D eigenvalue weighted by molar-refractivity contribution is 7.89. The summed E-state index contributed by atoms with van der Waals surface area (Å²) in [7, 11) is -3.64. The van der Waals surface area contributed by atoms with E-state index < -0.39 is 16.1 Å². The monoisotopic (exact) mass is 215 g/mol. The first-order chi connectivity index (χ1) is 6.39. The zero-order valence-corrected chi connectivity index (χ0v) is 8.66. The third-order valence-electron chi connectivity index (χ3n) is 1.76. The number of sulfonamides is 1. The van der Waals surface area contributed by atoms with E-state index in [1.54, 1.807) is 19.1 Å². The Bertz CT molecular complexity index is 412. The Labute approximate surface area is 83.4 Å². The highest BCUT2D eigenvalue weighted by Gasteiger charge is 2.08. The Morgan fingerprint density at radius 1 is 1.50 bits per heavy atom. The molecule has 0 saturated carbocycles. The molecular weight excluding hydrogens is 202 g/mol. The van der Waals surface area contributed by atoms with Crippen LogP contribution in [0.1, 0.15) is 12.5 Å². The van der Waals surface area contributed by atoms with Crippen LogP contribution in [0.25, 0.3) is 0 Å². The maximum atomic E-state index is 11.0. The van der Waals surface area contributed by atoms with Crippen molar-refractivity contribution < 1.29 is 13.5 Å². The summed E-state index contributed by atoms with van der Waals surface area (Å²) in [5.41, 5.74) is 0.756. The van der Waals surface area contributed by atoms with Crippen LogP contribution in [0.15, 0.2) is 29.2 Å². The van der Waals surface area contributed by atoms with E-state index in [2.05, 4.69) is 0 Å². The molecule has 1 aromatic carbocycles. The molecular formula is C9H13NO3S. The predicted octanol–water partition coefficient (Wildman–Crippen LogP) is 0.257. The fourth-order valence-electron chi connectivity index (χ4n) is 1.19. The van der Waals surface area contributed by atoms with Crippen molar-refractivity contribution in [1.82, 2.24) is 0 Å². The Hall–Kier alpha value is -0.910. The normalized spacial score (nSPS) is 13.9. The van der Waals surface area contributed by atoms with Gasteiger partial charge in [0.15, 0.2) is 0 Å². The molecule has 0 saturated heterocycles. The van der Waals surface area contributed by atoms with Gasteiger partial charge in [-0.25, -0.2) is 13.6 Å². The van der Waals surface area contributed by atoms with E-state index in [9.17, 15) is 8.42 Å². The van der Waals surface area contributed by atoms with Crippen LogP contribution < -0.4 is 5.14 Å². The van der Waals surface area contributed by atoms with Gasteiger partial charge in [-0.1, -0.05) is 12.1 Å². The summed E-state index contributed by atoms with van der Waals surface area (Å²) in [5.74, 6) is 0. The summed E-state index contributed by atoms with van der Waals surface area (Å²) in [5, 5.41) is 14.1. The molecule has 4 nitrogen and oxygen atoms in total. The van der Waals surface area contributed by atoms with Crippen molar-refractivity contribution in [2.45, 2.75) is 24.3 Å². The Morgan fingerprint density at radius 2 is 2.14 bits per heavy atom. The first-order valence-electron chi connectivity index (χ1n) is 4.19. The fourth-order valence-corrected chi connectivity index (χ4v) is 1.77. The number of benzene rings is 1. The number of rotatable bonds is 3. The SMILES string of the molecule is CC(O)Cc1cccc(S(N)(=O)=O)c1. The number of nitrogens with two attached hydrogens (primary N) is 1. The number of hydrogen-bond acceptors (Lipinski definition) is 3. The average Bonchev–Trinajstić information content (AvgIpc) is 2.01. The van der Waals surface area contributed by atoms with E-state index >= 15 is 0 Å². The average molecular weight is 215 g/mol. The van der Waals surface area contributed by atoms with Gasteiger partial charge in [-0.15, -0.1) is 0 Å². The first-order valence-corrected chi connectivity index (χ1v) is 5.74. The van der Waals surface area contributed by atoms with E-state index in [4.69, 9.17) is 10.2 Å². The van der Waals surface area contributed by atoms with Crippen molar-refractivity contribution in [2.24, 2.45) is 5.14 Å². The van der Waals surface area contributed by atoms with Crippen LogP contribution in [-0.2, 0) is 16.4 Å². The summed E-state index contributed by atoms with van der Waals surface area (Å²) in [6, 6.07) is 6.27. The Kier molecular flexibility index (Phi) is 3.25. The molecule has 14 heavy (non-hydrogen) atoms. The Balaban J connectivity index is 3.02. The highest BCUT2D eigenvalue weighted by atomic mass is 32.2. The number of aliphatic hydroxyl groups is 1. The second kappa shape index (κ2) is 4.08. The third kappa shape index (κ3) is 3.10. The van der Waals surface area contributed by atoms with Gasteiger partial charge in [0.05, 0.1) is 11.0 Å². The van der Waals surface area contributed by atoms with Gasteiger partial charge in [0.1, 0.15) is 0 Å². The molecule has 3 N–H and O–H groups in total. The van der Waals surface area contributed by atoms with E-state index in [0.717, 1.165) is 5.56 Å². The van der Waals surface area contributed by atoms with Crippen molar-refractivity contribution in [3.8, 4) is 0 Å². The summed E-state index contributed by atoms with van der Waals surface area (Å²) >= 11 is 0. The molecule has 0 fully saturated rings. The first kappa shape index (κ1) is 11.2. The van der Waals surface area contributed by atoms with Crippen molar-refractivity contribution in [3.05, 3.63) is 29.8 Å². The molecule has 1 aromatic rings. The minimum Gasteiger partial charge on any atom is -0.393 e. The molecule has 5 heteroatoms. The van der Waals surface area contributed by atoms with Crippen LogP contribution in [0.5, 0.6) is 0 Å². The van der Waals surface area contributed by atoms with E-state index in [-0.39, 0.29) is 4.90 Å². The lowest BCUT2D eigenvalue weighted by molar-refractivity contribution is 0.195. The summed E-state index contributed by atoms with van der Waals surface area (Å²) in [4.78, 5) is 0.0793. The maximum Gasteiger partial charge on any atom is 0.238 e.